The fourth-order valence-electron chi connectivity index (χ4n) is 5.47. The summed E-state index contributed by atoms with van der Waals surface area (Å²) in [5.74, 6) is -0.941. The SMILES string of the molecule is CCCC/C=C\CCCCCCCC(=O)O[C@H](COC(=O)CCCCCCCCCCC/C=C\C/C=C\CCCCC)COP(=O)(O)OC[C@@H](O)CO. The third-order valence-corrected chi connectivity index (χ3v) is 9.72. The molecule has 1 unspecified atom stereocenters. The van der Waals surface area contributed by atoms with Gasteiger partial charge in [-0.05, 0) is 64.2 Å². The molecule has 0 rings (SSSR count). The molecule has 0 fully saturated rings. The van der Waals surface area contributed by atoms with Gasteiger partial charge in [-0.15, -0.1) is 0 Å². The van der Waals surface area contributed by atoms with E-state index >= 15 is 0 Å². The Morgan fingerprint density at radius 3 is 1.53 bits per heavy atom. The van der Waals surface area contributed by atoms with Crippen molar-refractivity contribution in [2.45, 2.75) is 193 Å². The van der Waals surface area contributed by atoms with Crippen LogP contribution in [0.15, 0.2) is 36.5 Å². The highest BCUT2D eigenvalue weighted by molar-refractivity contribution is 7.47. The van der Waals surface area contributed by atoms with Crippen LogP contribution in [-0.2, 0) is 32.7 Å². The summed E-state index contributed by atoms with van der Waals surface area (Å²) in [6.45, 7) is 2.29. The smallest absolute Gasteiger partial charge is 0.462 e. The number of aliphatic hydroxyl groups is 2. The fraction of sp³-hybridized carbons (Fsp3) is 0.810. The van der Waals surface area contributed by atoms with Gasteiger partial charge in [0.15, 0.2) is 6.10 Å². The molecular weight excluding hydrogens is 695 g/mol. The molecule has 3 N–H and O–H groups in total. The lowest BCUT2D eigenvalue weighted by molar-refractivity contribution is -0.161. The average Bonchev–Trinajstić information content (AvgIpc) is 3.14. The van der Waals surface area contributed by atoms with Gasteiger partial charge in [-0.2, -0.15) is 0 Å². The van der Waals surface area contributed by atoms with Gasteiger partial charge in [0.1, 0.15) is 12.7 Å². The van der Waals surface area contributed by atoms with Gasteiger partial charge in [-0.1, -0.05) is 140 Å². The van der Waals surface area contributed by atoms with E-state index in [1.165, 1.54) is 70.6 Å². The molecule has 0 aromatic rings. The van der Waals surface area contributed by atoms with Crippen molar-refractivity contribution in [2.24, 2.45) is 0 Å². The molecule has 0 amide bonds. The van der Waals surface area contributed by atoms with Crippen LogP contribution >= 0.6 is 7.82 Å². The van der Waals surface area contributed by atoms with Crippen LogP contribution in [0.2, 0.25) is 0 Å². The van der Waals surface area contributed by atoms with Crippen LogP contribution in [0.4, 0.5) is 0 Å². The molecule has 11 heteroatoms. The Hall–Kier alpha value is -1.81. The van der Waals surface area contributed by atoms with E-state index < -0.39 is 51.8 Å². The van der Waals surface area contributed by atoms with Crippen molar-refractivity contribution in [3.05, 3.63) is 36.5 Å². The summed E-state index contributed by atoms with van der Waals surface area (Å²) in [4.78, 5) is 34.9. The fourth-order valence-corrected chi connectivity index (χ4v) is 6.26. The summed E-state index contributed by atoms with van der Waals surface area (Å²) >= 11 is 0. The van der Waals surface area contributed by atoms with Crippen molar-refractivity contribution in [1.82, 2.24) is 0 Å². The Bertz CT molecular complexity index is 983. The minimum Gasteiger partial charge on any atom is -0.462 e. The van der Waals surface area contributed by atoms with Crippen molar-refractivity contribution >= 4 is 19.8 Å². The van der Waals surface area contributed by atoms with E-state index in [0.717, 1.165) is 70.6 Å². The number of phosphoric ester groups is 1. The standard InChI is InChI=1S/C42H77O10P/c1-3-5-7-9-11-13-15-16-17-18-19-20-21-22-24-25-27-29-31-33-41(45)49-37-40(38-51-53(47,48)50-36-39(44)35-43)52-42(46)34-32-30-28-26-23-14-12-10-8-6-4-2/h10-13,16-17,39-40,43-44H,3-9,14-15,18-38H2,1-2H3,(H,47,48)/b12-10-,13-11-,17-16-/t39-,40+/m0/s1. The maximum atomic E-state index is 12.5. The van der Waals surface area contributed by atoms with Crippen molar-refractivity contribution < 1.29 is 47.8 Å². The molecule has 0 radical (unpaired) electrons. The Labute approximate surface area is 322 Å². The zero-order valence-corrected chi connectivity index (χ0v) is 34.4. The molecule has 0 spiro atoms. The summed E-state index contributed by atoms with van der Waals surface area (Å²) < 4.78 is 32.6. The Morgan fingerprint density at radius 1 is 0.566 bits per heavy atom. The van der Waals surface area contributed by atoms with Crippen LogP contribution in [0.5, 0.6) is 0 Å². The lowest BCUT2D eigenvalue weighted by atomic mass is 10.1. The van der Waals surface area contributed by atoms with Gasteiger partial charge in [-0.3, -0.25) is 18.6 Å². The summed E-state index contributed by atoms with van der Waals surface area (Å²) in [5.41, 5.74) is 0. The lowest BCUT2D eigenvalue weighted by Crippen LogP contribution is -2.29. The van der Waals surface area contributed by atoms with Gasteiger partial charge in [0.05, 0.1) is 19.8 Å². The van der Waals surface area contributed by atoms with Crippen molar-refractivity contribution in [3.8, 4) is 0 Å². The van der Waals surface area contributed by atoms with Crippen molar-refractivity contribution in [2.75, 3.05) is 26.4 Å². The normalized spacial score (nSPS) is 14.3. The molecule has 0 heterocycles. The van der Waals surface area contributed by atoms with E-state index in [2.05, 4.69) is 54.8 Å². The van der Waals surface area contributed by atoms with Crippen LogP contribution in [0.3, 0.4) is 0 Å². The molecule has 0 aliphatic rings. The van der Waals surface area contributed by atoms with E-state index in [1.807, 2.05) is 0 Å². The Kier molecular flexibility index (Phi) is 37.2. The Morgan fingerprint density at radius 2 is 1.00 bits per heavy atom. The number of aliphatic hydroxyl groups excluding tert-OH is 2. The van der Waals surface area contributed by atoms with Crippen molar-refractivity contribution in [1.29, 1.82) is 0 Å². The summed E-state index contributed by atoms with van der Waals surface area (Å²) in [6, 6.07) is 0. The highest BCUT2D eigenvalue weighted by Crippen LogP contribution is 2.43. The summed E-state index contributed by atoms with van der Waals surface area (Å²) in [5, 5.41) is 18.3. The molecule has 0 aromatic carbocycles. The molecule has 53 heavy (non-hydrogen) atoms. The second-order valence-corrected chi connectivity index (χ2v) is 15.5. The van der Waals surface area contributed by atoms with Gasteiger partial charge in [0.25, 0.3) is 0 Å². The van der Waals surface area contributed by atoms with E-state index in [9.17, 15) is 24.2 Å². The zero-order valence-electron chi connectivity index (χ0n) is 33.5. The number of rotatable bonds is 39. The maximum absolute atomic E-state index is 12.5. The minimum atomic E-state index is -4.61. The summed E-state index contributed by atoms with van der Waals surface area (Å²) in [6.07, 6.45) is 38.3. The van der Waals surface area contributed by atoms with E-state index in [4.69, 9.17) is 19.1 Å². The lowest BCUT2D eigenvalue weighted by Gasteiger charge is -2.20. The highest BCUT2D eigenvalue weighted by atomic mass is 31.2. The van der Waals surface area contributed by atoms with Crippen LogP contribution in [0, 0.1) is 0 Å². The minimum absolute atomic E-state index is 0.173. The number of phosphoric acid groups is 1. The summed E-state index contributed by atoms with van der Waals surface area (Å²) in [7, 11) is -4.61. The quantitative estimate of drug-likeness (QED) is 0.0238. The molecule has 0 aliphatic heterocycles. The first kappa shape index (κ1) is 51.2. The zero-order chi connectivity index (χ0) is 39.1. The predicted molar refractivity (Wildman–Crippen MR) is 214 cm³/mol. The highest BCUT2D eigenvalue weighted by Gasteiger charge is 2.27. The number of hydrogen-bond donors (Lipinski definition) is 3. The van der Waals surface area contributed by atoms with Crippen LogP contribution in [0.1, 0.15) is 181 Å². The number of unbranched alkanes of at least 4 members (excludes halogenated alkanes) is 19. The van der Waals surface area contributed by atoms with Gasteiger partial charge < -0.3 is 24.6 Å². The number of esters is 2. The van der Waals surface area contributed by atoms with E-state index in [1.54, 1.807) is 0 Å². The monoisotopic (exact) mass is 773 g/mol. The van der Waals surface area contributed by atoms with Crippen LogP contribution < -0.4 is 0 Å². The predicted octanol–water partition coefficient (Wildman–Crippen LogP) is 10.8. The number of allylic oxidation sites excluding steroid dienone is 6. The largest absolute Gasteiger partial charge is 0.472 e. The first-order valence-corrected chi connectivity index (χ1v) is 22.4. The molecule has 310 valence electrons. The number of carbonyl (C=O) groups is 2. The molecule has 0 bridgehead atoms. The number of carbonyl (C=O) groups excluding carboxylic acids is 2. The molecule has 3 atom stereocenters. The van der Waals surface area contributed by atoms with Crippen LogP contribution in [-0.4, -0.2) is 65.7 Å². The van der Waals surface area contributed by atoms with E-state index in [0.29, 0.717) is 12.8 Å². The number of ether oxygens (including phenoxy) is 2. The second-order valence-electron chi connectivity index (χ2n) is 14.0. The van der Waals surface area contributed by atoms with Gasteiger partial charge in [-0.25, -0.2) is 4.57 Å². The second kappa shape index (κ2) is 38.5. The molecule has 10 nitrogen and oxygen atoms in total. The van der Waals surface area contributed by atoms with Crippen molar-refractivity contribution in [3.63, 3.8) is 0 Å². The molecule has 0 saturated carbocycles. The first-order valence-electron chi connectivity index (χ1n) is 20.9. The number of hydrogen-bond acceptors (Lipinski definition) is 9. The Balaban J connectivity index is 4.26. The topological polar surface area (TPSA) is 149 Å². The average molecular weight is 773 g/mol. The van der Waals surface area contributed by atoms with Crippen LogP contribution in [0.25, 0.3) is 0 Å². The molecule has 0 saturated heterocycles. The third kappa shape index (κ3) is 38.3. The third-order valence-electron chi connectivity index (χ3n) is 8.77. The molecular formula is C42H77O10P. The van der Waals surface area contributed by atoms with E-state index in [-0.39, 0.29) is 19.4 Å². The first-order chi connectivity index (χ1) is 25.7. The van der Waals surface area contributed by atoms with Gasteiger partial charge in [0.2, 0.25) is 0 Å². The molecule has 0 aromatic heterocycles. The van der Waals surface area contributed by atoms with Gasteiger partial charge in [0, 0.05) is 12.8 Å². The molecule has 0 aliphatic carbocycles. The van der Waals surface area contributed by atoms with Gasteiger partial charge >= 0.3 is 19.8 Å². The maximum Gasteiger partial charge on any atom is 0.472 e.